The Bertz CT molecular complexity index is 650. The van der Waals surface area contributed by atoms with Crippen LogP contribution in [-0.4, -0.2) is 19.1 Å². The van der Waals surface area contributed by atoms with E-state index in [1.165, 1.54) is 0 Å². The van der Waals surface area contributed by atoms with Crippen LogP contribution in [0.3, 0.4) is 0 Å². The third-order valence-electron chi connectivity index (χ3n) is 2.66. The number of fused-ring (bicyclic) bond motifs is 1. The van der Waals surface area contributed by atoms with Crippen molar-refractivity contribution in [1.29, 1.82) is 0 Å². The van der Waals surface area contributed by atoms with E-state index in [-0.39, 0.29) is 5.69 Å². The Labute approximate surface area is 104 Å². The van der Waals surface area contributed by atoms with Gasteiger partial charge in [0.15, 0.2) is 5.65 Å². The van der Waals surface area contributed by atoms with Crippen LogP contribution >= 0.6 is 12.2 Å². The van der Waals surface area contributed by atoms with Crippen LogP contribution in [0.1, 0.15) is 20.8 Å². The van der Waals surface area contributed by atoms with Gasteiger partial charge in [0.2, 0.25) is 0 Å². The van der Waals surface area contributed by atoms with E-state index in [9.17, 15) is 4.79 Å². The van der Waals surface area contributed by atoms with Gasteiger partial charge in [-0.1, -0.05) is 26.1 Å². The van der Waals surface area contributed by atoms with Crippen molar-refractivity contribution in [3.05, 3.63) is 21.5 Å². The summed E-state index contributed by atoms with van der Waals surface area (Å²) in [6.07, 6.45) is 1.58. The van der Waals surface area contributed by atoms with Gasteiger partial charge in [-0.2, -0.15) is 0 Å². The molecule has 2 heterocycles. The number of rotatable bonds is 3. The average Bonchev–Trinajstić information content (AvgIpc) is 2.73. The smallest absolute Gasteiger partial charge is 0.330 e. The summed E-state index contributed by atoms with van der Waals surface area (Å²) in [5.41, 5.74) is 1.34. The first-order valence-electron chi connectivity index (χ1n) is 5.73. The molecule has 0 fully saturated rings. The molecule has 0 aliphatic carbocycles. The molecule has 0 spiro atoms. The zero-order chi connectivity index (χ0) is 12.6. The number of aromatic nitrogens is 4. The highest BCUT2D eigenvalue weighted by Gasteiger charge is 2.12. The molecule has 0 aliphatic heterocycles. The molecule has 17 heavy (non-hydrogen) atoms. The topological polar surface area (TPSA) is 55.6 Å². The molecule has 92 valence electrons. The summed E-state index contributed by atoms with van der Waals surface area (Å²) in [6.45, 7) is 7.28. The standard InChI is InChI=1S/C11H16N4OS/c1-4-14-10(17)8-9(13-6-12-8)15(11(14)16)5-7(2)3/h6-7H,4-5H2,1-3H3,(H,12,13). The van der Waals surface area contributed by atoms with Gasteiger partial charge in [0.25, 0.3) is 0 Å². The number of nitrogens with one attached hydrogen (secondary N) is 1. The molecule has 1 N–H and O–H groups in total. The number of nitrogens with zero attached hydrogens (tertiary/aromatic N) is 3. The van der Waals surface area contributed by atoms with Crippen LogP contribution in [0.15, 0.2) is 11.1 Å². The van der Waals surface area contributed by atoms with Gasteiger partial charge in [0, 0.05) is 13.1 Å². The van der Waals surface area contributed by atoms with Crippen LogP contribution in [0, 0.1) is 10.6 Å². The number of aromatic amines is 1. The molecular weight excluding hydrogens is 236 g/mol. The average molecular weight is 252 g/mol. The molecule has 2 rings (SSSR count). The lowest BCUT2D eigenvalue weighted by Gasteiger charge is -2.12. The summed E-state index contributed by atoms with van der Waals surface area (Å²) in [4.78, 5) is 19.5. The van der Waals surface area contributed by atoms with Gasteiger partial charge in [-0.3, -0.25) is 9.13 Å². The van der Waals surface area contributed by atoms with Gasteiger partial charge in [0.05, 0.1) is 6.33 Å². The lowest BCUT2D eigenvalue weighted by atomic mass is 10.2. The maximum atomic E-state index is 12.3. The molecule has 0 amide bonds. The third-order valence-corrected chi connectivity index (χ3v) is 3.08. The highest BCUT2D eigenvalue weighted by Crippen LogP contribution is 2.10. The van der Waals surface area contributed by atoms with Crippen molar-refractivity contribution in [1.82, 2.24) is 19.1 Å². The number of hydrogen-bond donors (Lipinski definition) is 1. The molecule has 2 aromatic rings. The Balaban J connectivity index is 2.85. The van der Waals surface area contributed by atoms with E-state index >= 15 is 0 Å². The van der Waals surface area contributed by atoms with E-state index in [1.54, 1.807) is 15.5 Å². The normalized spacial score (nSPS) is 11.5. The van der Waals surface area contributed by atoms with Crippen LogP contribution in [0.25, 0.3) is 11.2 Å². The van der Waals surface area contributed by atoms with Crippen molar-refractivity contribution in [2.45, 2.75) is 33.9 Å². The number of imidazole rings is 1. The van der Waals surface area contributed by atoms with Gasteiger partial charge in [-0.15, -0.1) is 0 Å². The highest BCUT2D eigenvalue weighted by molar-refractivity contribution is 7.71. The second-order valence-electron chi connectivity index (χ2n) is 4.44. The molecule has 2 aromatic heterocycles. The SMILES string of the molecule is CCn1c(=S)c2[nH]cnc2n(CC(C)C)c1=O. The van der Waals surface area contributed by atoms with E-state index in [0.717, 1.165) is 5.52 Å². The Morgan fingerprint density at radius 1 is 1.47 bits per heavy atom. The molecule has 0 bridgehead atoms. The minimum Gasteiger partial charge on any atom is -0.341 e. The molecule has 0 aromatic carbocycles. The van der Waals surface area contributed by atoms with Crippen LogP contribution in [0.5, 0.6) is 0 Å². The number of hydrogen-bond acceptors (Lipinski definition) is 3. The lowest BCUT2D eigenvalue weighted by molar-refractivity contribution is 0.494. The van der Waals surface area contributed by atoms with Gasteiger partial charge in [-0.25, -0.2) is 9.78 Å². The zero-order valence-corrected chi connectivity index (χ0v) is 11.0. The minimum absolute atomic E-state index is 0.0780. The second-order valence-corrected chi connectivity index (χ2v) is 4.82. The van der Waals surface area contributed by atoms with E-state index in [2.05, 4.69) is 23.8 Å². The lowest BCUT2D eigenvalue weighted by Crippen LogP contribution is -2.32. The Kier molecular flexibility index (Phi) is 3.15. The Morgan fingerprint density at radius 3 is 2.76 bits per heavy atom. The van der Waals surface area contributed by atoms with Crippen molar-refractivity contribution in [3.8, 4) is 0 Å². The minimum atomic E-state index is -0.0780. The summed E-state index contributed by atoms with van der Waals surface area (Å²) < 4.78 is 3.82. The summed E-state index contributed by atoms with van der Waals surface area (Å²) in [6, 6.07) is 0. The van der Waals surface area contributed by atoms with E-state index in [0.29, 0.717) is 29.3 Å². The van der Waals surface area contributed by atoms with Crippen molar-refractivity contribution >= 4 is 23.4 Å². The fourth-order valence-electron chi connectivity index (χ4n) is 1.92. The first-order chi connectivity index (χ1) is 8.06. The number of H-pyrrole nitrogens is 1. The fraction of sp³-hybridized carbons (Fsp3) is 0.545. The van der Waals surface area contributed by atoms with Crippen LogP contribution in [-0.2, 0) is 13.1 Å². The third kappa shape index (κ3) is 1.93. The van der Waals surface area contributed by atoms with Crippen molar-refractivity contribution in [3.63, 3.8) is 0 Å². The van der Waals surface area contributed by atoms with Crippen LogP contribution in [0.4, 0.5) is 0 Å². The molecule has 0 unspecified atom stereocenters. The first-order valence-corrected chi connectivity index (χ1v) is 6.13. The highest BCUT2D eigenvalue weighted by atomic mass is 32.1. The Hall–Kier alpha value is -1.43. The van der Waals surface area contributed by atoms with Crippen molar-refractivity contribution in [2.75, 3.05) is 0 Å². The molecule has 0 atom stereocenters. The fourth-order valence-corrected chi connectivity index (χ4v) is 2.27. The summed E-state index contributed by atoms with van der Waals surface area (Å²) in [5, 5.41) is 0. The molecule has 0 aliphatic rings. The maximum Gasteiger partial charge on any atom is 0.330 e. The van der Waals surface area contributed by atoms with E-state index in [1.807, 2.05) is 6.92 Å². The van der Waals surface area contributed by atoms with Gasteiger partial charge < -0.3 is 4.98 Å². The predicted octanol–water partition coefficient (Wildman–Crippen LogP) is 1.93. The Morgan fingerprint density at radius 2 is 2.18 bits per heavy atom. The first kappa shape index (κ1) is 12.0. The van der Waals surface area contributed by atoms with Crippen molar-refractivity contribution < 1.29 is 0 Å². The quantitative estimate of drug-likeness (QED) is 0.849. The predicted molar refractivity (Wildman–Crippen MR) is 69.7 cm³/mol. The largest absolute Gasteiger partial charge is 0.341 e. The van der Waals surface area contributed by atoms with Crippen molar-refractivity contribution in [2.24, 2.45) is 5.92 Å². The molecular formula is C11H16N4OS. The maximum absolute atomic E-state index is 12.3. The van der Waals surface area contributed by atoms with Gasteiger partial charge >= 0.3 is 5.69 Å². The molecule has 0 radical (unpaired) electrons. The van der Waals surface area contributed by atoms with Crippen LogP contribution < -0.4 is 5.69 Å². The summed E-state index contributed by atoms with van der Waals surface area (Å²) >= 11 is 5.29. The molecule has 6 heteroatoms. The van der Waals surface area contributed by atoms with Gasteiger partial charge in [-0.05, 0) is 12.8 Å². The van der Waals surface area contributed by atoms with E-state index < -0.39 is 0 Å². The van der Waals surface area contributed by atoms with Crippen LogP contribution in [0.2, 0.25) is 0 Å². The monoisotopic (exact) mass is 252 g/mol. The van der Waals surface area contributed by atoms with Gasteiger partial charge in [0.1, 0.15) is 10.2 Å². The summed E-state index contributed by atoms with van der Waals surface area (Å²) in [5.74, 6) is 0.383. The molecule has 5 nitrogen and oxygen atoms in total. The second kappa shape index (κ2) is 4.44. The zero-order valence-electron chi connectivity index (χ0n) is 10.2. The molecule has 0 saturated carbocycles. The summed E-state index contributed by atoms with van der Waals surface area (Å²) in [7, 11) is 0. The van der Waals surface area contributed by atoms with E-state index in [4.69, 9.17) is 12.2 Å². The molecule has 0 saturated heterocycles.